The van der Waals surface area contributed by atoms with E-state index in [1.54, 1.807) is 7.11 Å². The van der Waals surface area contributed by atoms with E-state index in [9.17, 15) is 9.90 Å². The highest BCUT2D eigenvalue weighted by Gasteiger charge is 2.30. The molecule has 0 saturated carbocycles. The van der Waals surface area contributed by atoms with Crippen LogP contribution in [0.1, 0.15) is 36.6 Å². The fraction of sp³-hybridized carbons (Fsp3) is 0.348. The number of carboxylic acids is 1. The molecule has 1 unspecified atom stereocenters. The molecule has 0 bridgehead atoms. The Bertz CT molecular complexity index is 841. The van der Waals surface area contributed by atoms with Crippen molar-refractivity contribution in [2.24, 2.45) is 0 Å². The first-order valence-corrected chi connectivity index (χ1v) is 9.75. The number of benzene rings is 2. The van der Waals surface area contributed by atoms with Gasteiger partial charge in [0.25, 0.3) is 0 Å². The minimum Gasteiger partial charge on any atom is -0.497 e. The number of nitrogens with zero attached hydrogens (tertiary/aromatic N) is 2. The Morgan fingerprint density at radius 3 is 2.39 bits per heavy atom. The number of rotatable bonds is 8. The van der Waals surface area contributed by atoms with Crippen molar-refractivity contribution in [3.8, 4) is 5.75 Å². The van der Waals surface area contributed by atoms with Crippen LogP contribution < -0.4 is 4.74 Å². The average molecular weight is 380 g/mol. The SMILES string of the molecule is CCN(CC)CCN1C=C(C(=O)O)c2ccccc2C1c1ccc(OC)cc1. The molecule has 2 aromatic carbocycles. The van der Waals surface area contributed by atoms with Gasteiger partial charge in [0.05, 0.1) is 18.7 Å². The van der Waals surface area contributed by atoms with Gasteiger partial charge in [0.15, 0.2) is 0 Å². The average Bonchev–Trinajstić information content (AvgIpc) is 2.73. The number of methoxy groups -OCH3 is 1. The molecule has 28 heavy (non-hydrogen) atoms. The monoisotopic (exact) mass is 380 g/mol. The number of aliphatic carboxylic acids is 1. The lowest BCUT2D eigenvalue weighted by molar-refractivity contribution is -0.130. The minimum atomic E-state index is -0.895. The summed E-state index contributed by atoms with van der Waals surface area (Å²) >= 11 is 0. The molecule has 0 saturated heterocycles. The summed E-state index contributed by atoms with van der Waals surface area (Å²) in [6.45, 7) is 7.88. The van der Waals surface area contributed by atoms with E-state index in [2.05, 4.69) is 35.8 Å². The van der Waals surface area contributed by atoms with E-state index in [1.807, 2.05) is 42.6 Å². The van der Waals surface area contributed by atoms with Gasteiger partial charge in [0, 0.05) is 19.3 Å². The predicted molar refractivity (Wildman–Crippen MR) is 111 cm³/mol. The number of hydrogen-bond acceptors (Lipinski definition) is 4. The highest BCUT2D eigenvalue weighted by Crippen LogP contribution is 2.39. The molecule has 2 aromatic rings. The largest absolute Gasteiger partial charge is 0.497 e. The summed E-state index contributed by atoms with van der Waals surface area (Å²) in [5, 5.41) is 9.78. The van der Waals surface area contributed by atoms with E-state index in [4.69, 9.17) is 4.74 Å². The van der Waals surface area contributed by atoms with Crippen LogP contribution in [0, 0.1) is 0 Å². The van der Waals surface area contributed by atoms with Crippen molar-refractivity contribution in [1.29, 1.82) is 0 Å². The van der Waals surface area contributed by atoms with Crippen LogP contribution in [-0.2, 0) is 4.79 Å². The molecule has 0 aromatic heterocycles. The first-order valence-electron chi connectivity index (χ1n) is 9.75. The number of fused-ring (bicyclic) bond motifs is 1. The molecule has 1 aliphatic heterocycles. The Hall–Kier alpha value is -2.79. The highest BCUT2D eigenvalue weighted by atomic mass is 16.5. The van der Waals surface area contributed by atoms with Crippen LogP contribution in [0.3, 0.4) is 0 Å². The molecule has 1 N–H and O–H groups in total. The summed E-state index contributed by atoms with van der Waals surface area (Å²) in [6, 6.07) is 15.8. The van der Waals surface area contributed by atoms with Gasteiger partial charge in [-0.2, -0.15) is 0 Å². The topological polar surface area (TPSA) is 53.0 Å². The standard InChI is InChI=1S/C23H28N2O3/c1-4-24(5-2)14-15-25-16-21(23(26)27)19-8-6-7-9-20(19)22(25)17-10-12-18(28-3)13-11-17/h6-13,16,22H,4-5,14-15H2,1-3H3,(H,26,27). The third-order valence-electron chi connectivity index (χ3n) is 5.40. The maximum atomic E-state index is 11.9. The second-order valence-corrected chi connectivity index (χ2v) is 6.88. The van der Waals surface area contributed by atoms with Gasteiger partial charge in [-0.1, -0.05) is 50.2 Å². The number of likely N-dealkylation sites (N-methyl/N-ethyl adjacent to an activating group) is 1. The van der Waals surface area contributed by atoms with Crippen LogP contribution in [-0.4, -0.2) is 54.2 Å². The van der Waals surface area contributed by atoms with Gasteiger partial charge < -0.3 is 19.6 Å². The first-order chi connectivity index (χ1) is 13.6. The smallest absolute Gasteiger partial charge is 0.337 e. The maximum Gasteiger partial charge on any atom is 0.337 e. The molecular weight excluding hydrogens is 352 g/mol. The second kappa shape index (κ2) is 8.93. The number of ether oxygens (including phenoxy) is 1. The van der Waals surface area contributed by atoms with Crippen molar-refractivity contribution in [1.82, 2.24) is 9.80 Å². The van der Waals surface area contributed by atoms with Gasteiger partial charge in [-0.3, -0.25) is 0 Å². The number of hydrogen-bond donors (Lipinski definition) is 1. The van der Waals surface area contributed by atoms with E-state index < -0.39 is 5.97 Å². The third-order valence-corrected chi connectivity index (χ3v) is 5.40. The summed E-state index contributed by atoms with van der Waals surface area (Å²) in [7, 11) is 1.66. The zero-order chi connectivity index (χ0) is 20.1. The van der Waals surface area contributed by atoms with Crippen molar-refractivity contribution in [2.75, 3.05) is 33.3 Å². The highest BCUT2D eigenvalue weighted by molar-refractivity contribution is 6.16. The normalized spacial score (nSPS) is 15.9. The molecule has 1 aliphatic rings. The zero-order valence-corrected chi connectivity index (χ0v) is 16.8. The molecule has 0 aliphatic carbocycles. The van der Waals surface area contributed by atoms with Crippen molar-refractivity contribution in [3.05, 3.63) is 71.4 Å². The van der Waals surface area contributed by atoms with Crippen LogP contribution in [0.25, 0.3) is 5.57 Å². The quantitative estimate of drug-likeness (QED) is 0.753. The number of carbonyl (C=O) groups is 1. The minimum absolute atomic E-state index is 0.0271. The van der Waals surface area contributed by atoms with Gasteiger partial charge in [0.2, 0.25) is 0 Å². The van der Waals surface area contributed by atoms with Crippen LogP contribution >= 0.6 is 0 Å². The lowest BCUT2D eigenvalue weighted by Crippen LogP contribution is -2.37. The van der Waals surface area contributed by atoms with E-state index in [-0.39, 0.29) is 6.04 Å². The Labute approximate surface area is 166 Å². The van der Waals surface area contributed by atoms with Crippen LogP contribution in [0.15, 0.2) is 54.7 Å². The molecule has 5 heteroatoms. The molecular formula is C23H28N2O3. The van der Waals surface area contributed by atoms with Crippen LogP contribution in [0.5, 0.6) is 5.75 Å². The van der Waals surface area contributed by atoms with Gasteiger partial charge in [-0.25, -0.2) is 4.79 Å². The molecule has 148 valence electrons. The molecule has 1 atom stereocenters. The van der Waals surface area contributed by atoms with Gasteiger partial charge >= 0.3 is 5.97 Å². The van der Waals surface area contributed by atoms with E-state index in [0.717, 1.165) is 48.6 Å². The number of carboxylic acid groups (broad SMARTS) is 1. The summed E-state index contributed by atoms with van der Waals surface area (Å²) in [5.41, 5.74) is 3.27. The van der Waals surface area contributed by atoms with Crippen molar-refractivity contribution < 1.29 is 14.6 Å². The lowest BCUT2D eigenvalue weighted by Gasteiger charge is -2.38. The summed E-state index contributed by atoms with van der Waals surface area (Å²) in [4.78, 5) is 16.4. The predicted octanol–water partition coefficient (Wildman–Crippen LogP) is 3.87. The molecule has 0 amide bonds. The summed E-state index contributed by atoms with van der Waals surface area (Å²) in [5.74, 6) is -0.0854. The van der Waals surface area contributed by atoms with E-state index >= 15 is 0 Å². The van der Waals surface area contributed by atoms with Crippen molar-refractivity contribution in [3.63, 3.8) is 0 Å². The zero-order valence-electron chi connectivity index (χ0n) is 16.8. The fourth-order valence-electron chi connectivity index (χ4n) is 3.79. The van der Waals surface area contributed by atoms with Gasteiger partial charge in [-0.05, 0) is 41.9 Å². The van der Waals surface area contributed by atoms with E-state index in [1.165, 1.54) is 0 Å². The third kappa shape index (κ3) is 4.04. The second-order valence-electron chi connectivity index (χ2n) is 6.88. The van der Waals surface area contributed by atoms with E-state index in [0.29, 0.717) is 5.57 Å². The van der Waals surface area contributed by atoms with Gasteiger partial charge in [0.1, 0.15) is 5.75 Å². The van der Waals surface area contributed by atoms with Crippen LogP contribution in [0.2, 0.25) is 0 Å². The summed E-state index contributed by atoms with van der Waals surface area (Å²) in [6.07, 6.45) is 1.81. The molecule has 0 radical (unpaired) electrons. The molecule has 0 fully saturated rings. The summed E-state index contributed by atoms with van der Waals surface area (Å²) < 4.78 is 5.30. The van der Waals surface area contributed by atoms with Gasteiger partial charge in [-0.15, -0.1) is 0 Å². The van der Waals surface area contributed by atoms with Crippen molar-refractivity contribution >= 4 is 11.5 Å². The van der Waals surface area contributed by atoms with Crippen LogP contribution in [0.4, 0.5) is 0 Å². The first kappa shape index (κ1) is 20.0. The lowest BCUT2D eigenvalue weighted by atomic mass is 9.87. The maximum absolute atomic E-state index is 11.9. The molecule has 3 rings (SSSR count). The Morgan fingerprint density at radius 1 is 1.11 bits per heavy atom. The molecule has 1 heterocycles. The Balaban J connectivity index is 2.04. The Morgan fingerprint density at radius 2 is 1.79 bits per heavy atom. The molecule has 5 nitrogen and oxygen atoms in total. The van der Waals surface area contributed by atoms with Crippen molar-refractivity contribution in [2.45, 2.75) is 19.9 Å². The molecule has 0 spiro atoms. The fourth-order valence-corrected chi connectivity index (χ4v) is 3.79. The Kier molecular flexibility index (Phi) is 6.37.